The fourth-order valence-electron chi connectivity index (χ4n) is 3.38. The first-order valence-corrected chi connectivity index (χ1v) is 12.1. The maximum atomic E-state index is 12.8. The molecule has 2 aliphatic heterocycles. The second-order valence-electron chi connectivity index (χ2n) is 6.81. The Balaban J connectivity index is 1.89. The van der Waals surface area contributed by atoms with Gasteiger partial charge in [0.05, 0.1) is 12.3 Å². The van der Waals surface area contributed by atoms with Gasteiger partial charge in [0.1, 0.15) is 4.91 Å². The minimum atomic E-state index is -0.914. The number of thioether (sulfide) groups is 2. The minimum Gasteiger partial charge on any atom is -0.462 e. The predicted molar refractivity (Wildman–Crippen MR) is 131 cm³/mol. The quantitative estimate of drug-likeness (QED) is 0.480. The maximum Gasteiger partial charge on any atom is 0.346 e. The van der Waals surface area contributed by atoms with E-state index < -0.39 is 4.33 Å². The van der Waals surface area contributed by atoms with E-state index in [1.165, 1.54) is 30.4 Å². The van der Waals surface area contributed by atoms with Crippen molar-refractivity contribution < 1.29 is 14.3 Å². The number of hydrazone groups is 1. The highest BCUT2D eigenvalue weighted by molar-refractivity contribution is 9.10. The number of carbonyl (C=O) groups is 2. The Hall–Kier alpha value is -2.23. The van der Waals surface area contributed by atoms with Crippen LogP contribution in [-0.4, -0.2) is 27.7 Å². The summed E-state index contributed by atoms with van der Waals surface area (Å²) in [5, 5.41) is 6.88. The molecule has 0 aliphatic carbocycles. The Morgan fingerprint density at radius 1 is 1.06 bits per heavy atom. The normalized spacial score (nSPS) is 20.5. The van der Waals surface area contributed by atoms with Crippen molar-refractivity contribution in [1.82, 2.24) is 0 Å². The van der Waals surface area contributed by atoms with Crippen LogP contribution in [0.15, 0.2) is 74.8 Å². The van der Waals surface area contributed by atoms with Gasteiger partial charge in [-0.1, -0.05) is 45.9 Å². The zero-order chi connectivity index (χ0) is 22.2. The fourth-order valence-corrected chi connectivity index (χ4v) is 6.59. The number of Topliss-reactive ketones (excluding diaryl/α,β-unsaturated/α-hetero) is 1. The number of esters is 1. The molecule has 31 heavy (non-hydrogen) atoms. The molecule has 4 rings (SSSR count). The molecule has 1 atom stereocenters. The highest BCUT2D eigenvalue weighted by atomic mass is 79.9. The van der Waals surface area contributed by atoms with Crippen LogP contribution in [0.4, 0.5) is 11.4 Å². The second kappa shape index (κ2) is 8.72. The van der Waals surface area contributed by atoms with Gasteiger partial charge in [-0.2, -0.15) is 5.10 Å². The molecule has 2 aliphatic rings. The lowest BCUT2D eigenvalue weighted by atomic mass is 10.2. The van der Waals surface area contributed by atoms with E-state index in [1.807, 2.05) is 66.5 Å². The largest absolute Gasteiger partial charge is 0.462 e. The molecule has 9 heteroatoms. The molecule has 6 nitrogen and oxygen atoms in total. The van der Waals surface area contributed by atoms with E-state index in [-0.39, 0.29) is 18.4 Å². The van der Waals surface area contributed by atoms with Gasteiger partial charge in [0, 0.05) is 22.8 Å². The number of carbonyl (C=O) groups excluding carboxylic acids is 2. The van der Waals surface area contributed by atoms with Crippen molar-refractivity contribution in [2.45, 2.75) is 25.1 Å². The highest BCUT2D eigenvalue weighted by Gasteiger charge is 2.57. The van der Waals surface area contributed by atoms with E-state index in [1.54, 1.807) is 6.92 Å². The van der Waals surface area contributed by atoms with Crippen molar-refractivity contribution in [2.75, 3.05) is 16.5 Å². The Labute approximate surface area is 197 Å². The fraction of sp³-hybridized carbons (Fsp3) is 0.227. The first-order valence-electron chi connectivity index (χ1n) is 9.64. The zero-order valence-corrected chi connectivity index (χ0v) is 20.4. The smallest absolute Gasteiger partial charge is 0.346 e. The van der Waals surface area contributed by atoms with E-state index in [2.05, 4.69) is 25.9 Å². The summed E-state index contributed by atoms with van der Waals surface area (Å²) in [5.74, 6) is -0.504. The molecule has 0 aromatic heterocycles. The van der Waals surface area contributed by atoms with Crippen molar-refractivity contribution in [2.24, 2.45) is 5.10 Å². The number of anilines is 2. The molecule has 0 fully saturated rings. The Kier molecular flexibility index (Phi) is 6.18. The standard InChI is InChI=1S/C22H20BrN3O3S2/c1-4-29-21(28)19-14(2)25(17-8-6-5-7-9-17)22(30-19)26(24-20(31-22)15(3)27)18-12-10-16(23)11-13-18/h5-13H,4H2,1-3H3. The van der Waals surface area contributed by atoms with E-state index >= 15 is 0 Å². The third-order valence-corrected chi connectivity index (χ3v) is 8.22. The van der Waals surface area contributed by atoms with Gasteiger partial charge < -0.3 is 9.64 Å². The third kappa shape index (κ3) is 3.90. The van der Waals surface area contributed by atoms with E-state index in [9.17, 15) is 9.59 Å². The molecular formula is C22H20BrN3O3S2. The third-order valence-electron chi connectivity index (χ3n) is 4.72. The van der Waals surface area contributed by atoms with Crippen molar-refractivity contribution in [3.63, 3.8) is 0 Å². The number of nitrogens with zero attached hydrogens (tertiary/aromatic N) is 3. The molecule has 0 bridgehead atoms. The van der Waals surface area contributed by atoms with Crippen LogP contribution in [0.25, 0.3) is 0 Å². The number of para-hydroxylation sites is 1. The Bertz CT molecular complexity index is 1090. The summed E-state index contributed by atoms with van der Waals surface area (Å²) in [6, 6.07) is 17.5. The number of allylic oxidation sites excluding steroid dienone is 1. The van der Waals surface area contributed by atoms with E-state index in [0.717, 1.165) is 21.5 Å². The number of ether oxygens (including phenoxy) is 1. The molecule has 0 N–H and O–H groups in total. The summed E-state index contributed by atoms with van der Waals surface area (Å²) in [7, 11) is 0. The van der Waals surface area contributed by atoms with Crippen molar-refractivity contribution >= 4 is 67.6 Å². The van der Waals surface area contributed by atoms with E-state index in [0.29, 0.717) is 9.95 Å². The topological polar surface area (TPSA) is 62.2 Å². The van der Waals surface area contributed by atoms with Gasteiger partial charge in [0.2, 0.25) is 4.33 Å². The molecule has 2 aromatic rings. The van der Waals surface area contributed by atoms with Crippen LogP contribution in [0.5, 0.6) is 0 Å². The number of rotatable bonds is 5. The average Bonchev–Trinajstić information content (AvgIpc) is 3.28. The molecule has 160 valence electrons. The van der Waals surface area contributed by atoms with Gasteiger partial charge in [0.15, 0.2) is 10.8 Å². The van der Waals surface area contributed by atoms with Crippen LogP contribution < -0.4 is 9.91 Å². The molecule has 2 aromatic carbocycles. The van der Waals surface area contributed by atoms with Gasteiger partial charge in [-0.05, 0) is 62.0 Å². The lowest BCUT2D eigenvalue weighted by Gasteiger charge is -2.41. The first kappa shape index (κ1) is 22.0. The van der Waals surface area contributed by atoms with Gasteiger partial charge in [-0.15, -0.1) is 0 Å². The van der Waals surface area contributed by atoms with Crippen LogP contribution in [0.3, 0.4) is 0 Å². The number of halogens is 1. The summed E-state index contributed by atoms with van der Waals surface area (Å²) >= 11 is 6.15. The zero-order valence-electron chi connectivity index (χ0n) is 17.2. The Morgan fingerprint density at radius 2 is 1.74 bits per heavy atom. The van der Waals surface area contributed by atoms with Crippen molar-refractivity contribution in [3.05, 3.63) is 69.7 Å². The molecule has 0 radical (unpaired) electrons. The molecule has 0 saturated heterocycles. The first-order chi connectivity index (χ1) is 14.9. The van der Waals surface area contributed by atoms with Crippen LogP contribution >= 0.6 is 39.5 Å². The maximum absolute atomic E-state index is 12.8. The second-order valence-corrected chi connectivity index (χ2v) is 10.3. The summed E-state index contributed by atoms with van der Waals surface area (Å²) in [4.78, 5) is 27.7. The van der Waals surface area contributed by atoms with Crippen LogP contribution in [0.1, 0.15) is 20.8 Å². The number of hydrogen-bond acceptors (Lipinski definition) is 8. The van der Waals surface area contributed by atoms with Crippen LogP contribution in [-0.2, 0) is 14.3 Å². The summed E-state index contributed by atoms with van der Waals surface area (Å²) in [6.07, 6.45) is 0. The highest BCUT2D eigenvalue weighted by Crippen LogP contribution is 2.60. The van der Waals surface area contributed by atoms with Crippen LogP contribution in [0, 0.1) is 0 Å². The Morgan fingerprint density at radius 3 is 2.35 bits per heavy atom. The lowest BCUT2D eigenvalue weighted by Crippen LogP contribution is -2.49. The van der Waals surface area contributed by atoms with Crippen LogP contribution in [0.2, 0.25) is 0 Å². The lowest BCUT2D eigenvalue weighted by molar-refractivity contribution is -0.137. The number of ketones is 1. The number of benzene rings is 2. The van der Waals surface area contributed by atoms with Crippen molar-refractivity contribution in [3.8, 4) is 0 Å². The molecule has 0 amide bonds. The summed E-state index contributed by atoms with van der Waals surface area (Å²) < 4.78 is 5.36. The molecular weight excluding hydrogens is 498 g/mol. The van der Waals surface area contributed by atoms with Gasteiger partial charge in [-0.3, -0.25) is 4.79 Å². The molecule has 0 saturated carbocycles. The number of hydrogen-bond donors (Lipinski definition) is 0. The summed E-state index contributed by atoms with van der Waals surface area (Å²) in [6.45, 7) is 5.47. The van der Waals surface area contributed by atoms with Gasteiger partial charge in [-0.25, -0.2) is 9.80 Å². The minimum absolute atomic E-state index is 0.125. The van der Waals surface area contributed by atoms with Gasteiger partial charge >= 0.3 is 5.97 Å². The average molecular weight is 518 g/mol. The van der Waals surface area contributed by atoms with Gasteiger partial charge in [0.25, 0.3) is 0 Å². The molecule has 2 heterocycles. The SMILES string of the molecule is CCOC(=O)C1=C(C)N(c2ccccc2)C2(SC(C(C)=O)=NN2c2ccc(Br)cc2)S1. The van der Waals surface area contributed by atoms with E-state index in [4.69, 9.17) is 4.74 Å². The summed E-state index contributed by atoms with van der Waals surface area (Å²) in [5.41, 5.74) is 2.45. The van der Waals surface area contributed by atoms with Crippen molar-refractivity contribution in [1.29, 1.82) is 0 Å². The molecule has 1 spiro atoms. The molecule has 1 unspecified atom stereocenters. The monoisotopic (exact) mass is 517 g/mol. The predicted octanol–water partition coefficient (Wildman–Crippen LogP) is 5.56.